The fourth-order valence-electron chi connectivity index (χ4n) is 2.34. The molecule has 1 aromatic heterocycles. The number of carbonyl (C=O) groups excluding carboxylic acids is 1. The van der Waals surface area contributed by atoms with Gasteiger partial charge in [-0.05, 0) is 5.92 Å². The van der Waals surface area contributed by atoms with Crippen LogP contribution in [0.4, 0.5) is 0 Å². The summed E-state index contributed by atoms with van der Waals surface area (Å²) in [4.78, 5) is 18.0. The van der Waals surface area contributed by atoms with E-state index < -0.39 is 6.04 Å². The lowest BCUT2D eigenvalue weighted by Gasteiger charge is -2.34. The molecule has 1 aliphatic rings. The highest BCUT2D eigenvalue weighted by Gasteiger charge is 2.28. The van der Waals surface area contributed by atoms with E-state index in [-0.39, 0.29) is 17.9 Å². The number of ether oxygens (including phenoxy) is 1. The van der Waals surface area contributed by atoms with Crippen molar-refractivity contribution in [2.24, 2.45) is 11.7 Å². The number of piperidine rings is 1. The highest BCUT2D eigenvalue weighted by molar-refractivity contribution is 6.30. The van der Waals surface area contributed by atoms with E-state index in [1.54, 1.807) is 18.5 Å². The first-order valence-electron chi connectivity index (χ1n) is 7.29. The molecule has 1 amide bonds. The fraction of sp³-hybridized carbons (Fsp3) is 0.600. The molecule has 1 saturated heterocycles. The molecular weight excluding hydrogens is 290 g/mol. The van der Waals surface area contributed by atoms with E-state index in [2.05, 4.69) is 4.98 Å². The SMILES string of the molecule is CC(C)[C@H](N)C(=O)N1CCC(Oc2cncc(Cl)c2)CC1. The van der Waals surface area contributed by atoms with Crippen LogP contribution >= 0.6 is 11.6 Å². The highest BCUT2D eigenvalue weighted by Crippen LogP contribution is 2.21. The molecule has 1 aromatic rings. The summed E-state index contributed by atoms with van der Waals surface area (Å²) < 4.78 is 5.86. The van der Waals surface area contributed by atoms with Gasteiger partial charge in [0.15, 0.2) is 0 Å². The minimum atomic E-state index is -0.417. The number of hydrogen-bond acceptors (Lipinski definition) is 4. The second kappa shape index (κ2) is 7.09. The molecule has 6 heteroatoms. The topological polar surface area (TPSA) is 68.5 Å². The molecule has 2 rings (SSSR count). The molecule has 0 unspecified atom stereocenters. The molecule has 0 bridgehead atoms. The Hall–Kier alpha value is -1.33. The van der Waals surface area contributed by atoms with Crippen molar-refractivity contribution in [2.75, 3.05) is 13.1 Å². The van der Waals surface area contributed by atoms with Gasteiger partial charge in [-0.1, -0.05) is 25.4 Å². The minimum Gasteiger partial charge on any atom is -0.489 e. The summed E-state index contributed by atoms with van der Waals surface area (Å²) in [5, 5.41) is 0.558. The molecule has 2 heterocycles. The van der Waals surface area contributed by atoms with Crippen molar-refractivity contribution in [3.63, 3.8) is 0 Å². The third-order valence-electron chi connectivity index (χ3n) is 3.74. The second-order valence-corrected chi connectivity index (χ2v) is 6.19. The number of carbonyl (C=O) groups is 1. The van der Waals surface area contributed by atoms with Crippen LogP contribution in [0.5, 0.6) is 5.75 Å². The van der Waals surface area contributed by atoms with E-state index in [1.807, 2.05) is 18.7 Å². The lowest BCUT2D eigenvalue weighted by molar-refractivity contribution is -0.135. The predicted octanol–water partition coefficient (Wildman–Crippen LogP) is 2.09. The smallest absolute Gasteiger partial charge is 0.239 e. The average molecular weight is 312 g/mol. The van der Waals surface area contributed by atoms with Crippen LogP contribution in [-0.2, 0) is 4.79 Å². The standard InChI is InChI=1S/C15H22ClN3O2/c1-10(2)14(17)15(20)19-5-3-12(4-6-19)21-13-7-11(16)8-18-9-13/h7-10,12,14H,3-6,17H2,1-2H3/t14-/m0/s1. The minimum absolute atomic E-state index is 0.0351. The number of halogens is 1. The van der Waals surface area contributed by atoms with Gasteiger partial charge in [0.2, 0.25) is 5.91 Å². The van der Waals surface area contributed by atoms with E-state index >= 15 is 0 Å². The van der Waals surface area contributed by atoms with Gasteiger partial charge < -0.3 is 15.4 Å². The number of hydrogen-bond donors (Lipinski definition) is 1. The Morgan fingerprint density at radius 2 is 2.10 bits per heavy atom. The third-order valence-corrected chi connectivity index (χ3v) is 3.95. The molecule has 0 spiro atoms. The van der Waals surface area contributed by atoms with Crippen molar-refractivity contribution >= 4 is 17.5 Å². The summed E-state index contributed by atoms with van der Waals surface area (Å²) in [5.74, 6) is 0.864. The zero-order chi connectivity index (χ0) is 15.4. The van der Waals surface area contributed by atoms with Gasteiger partial charge in [0.25, 0.3) is 0 Å². The first kappa shape index (κ1) is 16.0. The van der Waals surface area contributed by atoms with Crippen LogP contribution in [0.1, 0.15) is 26.7 Å². The monoisotopic (exact) mass is 311 g/mol. The van der Waals surface area contributed by atoms with Crippen molar-refractivity contribution in [3.8, 4) is 5.75 Å². The van der Waals surface area contributed by atoms with Crippen LogP contribution in [0.15, 0.2) is 18.5 Å². The van der Waals surface area contributed by atoms with Gasteiger partial charge in [-0.25, -0.2) is 0 Å². The molecule has 0 aromatic carbocycles. The number of amides is 1. The maximum Gasteiger partial charge on any atom is 0.239 e. The van der Waals surface area contributed by atoms with Crippen LogP contribution in [0.3, 0.4) is 0 Å². The van der Waals surface area contributed by atoms with E-state index in [0.717, 1.165) is 12.8 Å². The Labute approximate surface area is 130 Å². The highest BCUT2D eigenvalue weighted by atomic mass is 35.5. The fourth-order valence-corrected chi connectivity index (χ4v) is 2.50. The quantitative estimate of drug-likeness (QED) is 0.924. The summed E-state index contributed by atoms with van der Waals surface area (Å²) >= 11 is 5.88. The predicted molar refractivity (Wildman–Crippen MR) is 82.3 cm³/mol. The van der Waals surface area contributed by atoms with Crippen LogP contribution in [0.2, 0.25) is 5.02 Å². The maximum absolute atomic E-state index is 12.2. The lowest BCUT2D eigenvalue weighted by atomic mass is 10.0. The molecular formula is C15H22ClN3O2. The molecule has 1 fully saturated rings. The first-order valence-corrected chi connectivity index (χ1v) is 7.66. The largest absolute Gasteiger partial charge is 0.489 e. The Balaban J connectivity index is 1.84. The molecule has 21 heavy (non-hydrogen) atoms. The normalized spacial score (nSPS) is 17.9. The molecule has 5 nitrogen and oxygen atoms in total. The van der Waals surface area contributed by atoms with Crippen LogP contribution < -0.4 is 10.5 Å². The van der Waals surface area contributed by atoms with Crippen molar-refractivity contribution in [2.45, 2.75) is 38.8 Å². The molecule has 0 saturated carbocycles. The van der Waals surface area contributed by atoms with Crippen molar-refractivity contribution in [1.82, 2.24) is 9.88 Å². The summed E-state index contributed by atoms with van der Waals surface area (Å²) in [6.07, 6.45) is 4.90. The number of aromatic nitrogens is 1. The van der Waals surface area contributed by atoms with E-state index in [0.29, 0.717) is 23.9 Å². The van der Waals surface area contributed by atoms with Crippen molar-refractivity contribution in [1.29, 1.82) is 0 Å². The van der Waals surface area contributed by atoms with E-state index in [1.165, 1.54) is 0 Å². The zero-order valence-corrected chi connectivity index (χ0v) is 13.2. The summed E-state index contributed by atoms with van der Waals surface area (Å²) in [7, 11) is 0. The number of nitrogens with zero attached hydrogens (tertiary/aromatic N) is 2. The Morgan fingerprint density at radius 1 is 1.43 bits per heavy atom. The summed E-state index contributed by atoms with van der Waals surface area (Å²) in [6, 6.07) is 1.33. The molecule has 0 aliphatic carbocycles. The Morgan fingerprint density at radius 3 is 2.67 bits per heavy atom. The number of nitrogens with two attached hydrogens (primary N) is 1. The Bertz CT molecular complexity index is 488. The number of rotatable bonds is 4. The second-order valence-electron chi connectivity index (χ2n) is 5.75. The number of pyridine rings is 1. The van der Waals surface area contributed by atoms with Crippen molar-refractivity contribution in [3.05, 3.63) is 23.5 Å². The van der Waals surface area contributed by atoms with Gasteiger partial charge in [-0.2, -0.15) is 0 Å². The van der Waals surface area contributed by atoms with E-state index in [4.69, 9.17) is 22.1 Å². The summed E-state index contributed by atoms with van der Waals surface area (Å²) in [6.45, 7) is 5.28. The zero-order valence-electron chi connectivity index (χ0n) is 12.5. The molecule has 1 aliphatic heterocycles. The van der Waals surface area contributed by atoms with Gasteiger partial charge in [-0.3, -0.25) is 9.78 Å². The average Bonchev–Trinajstić information content (AvgIpc) is 2.46. The molecule has 0 radical (unpaired) electrons. The van der Waals surface area contributed by atoms with Gasteiger partial charge in [-0.15, -0.1) is 0 Å². The van der Waals surface area contributed by atoms with E-state index in [9.17, 15) is 4.79 Å². The van der Waals surface area contributed by atoms with Gasteiger partial charge >= 0.3 is 0 Å². The molecule has 2 N–H and O–H groups in total. The maximum atomic E-state index is 12.2. The van der Waals surface area contributed by atoms with Gasteiger partial charge in [0.1, 0.15) is 11.9 Å². The van der Waals surface area contributed by atoms with Crippen LogP contribution in [0, 0.1) is 5.92 Å². The lowest BCUT2D eigenvalue weighted by Crippen LogP contribution is -2.50. The number of likely N-dealkylation sites (tertiary alicyclic amines) is 1. The van der Waals surface area contributed by atoms with Crippen LogP contribution in [-0.4, -0.2) is 41.0 Å². The van der Waals surface area contributed by atoms with Crippen molar-refractivity contribution < 1.29 is 9.53 Å². The Kier molecular flexibility index (Phi) is 5.42. The first-order chi connectivity index (χ1) is 9.97. The summed E-state index contributed by atoms with van der Waals surface area (Å²) in [5.41, 5.74) is 5.92. The van der Waals surface area contributed by atoms with Gasteiger partial charge in [0, 0.05) is 38.2 Å². The van der Waals surface area contributed by atoms with Gasteiger partial charge in [0.05, 0.1) is 17.3 Å². The third kappa shape index (κ3) is 4.32. The molecule has 116 valence electrons. The van der Waals surface area contributed by atoms with Crippen LogP contribution in [0.25, 0.3) is 0 Å². The molecule has 1 atom stereocenters.